The highest BCUT2D eigenvalue weighted by Gasteiger charge is 2.15. The molecular formula is C15H25NO3. The summed E-state index contributed by atoms with van der Waals surface area (Å²) in [6.45, 7) is 8.36. The van der Waals surface area contributed by atoms with E-state index in [2.05, 4.69) is 25.2 Å². The SMILES string of the molecule is CC(C)CNCc1coc(COCC2CCCO2)c1. The van der Waals surface area contributed by atoms with Crippen molar-refractivity contribution in [2.24, 2.45) is 5.92 Å². The van der Waals surface area contributed by atoms with Gasteiger partial charge in [0.2, 0.25) is 0 Å². The normalized spacial score (nSPS) is 19.4. The van der Waals surface area contributed by atoms with Crippen LogP contribution in [0, 0.1) is 5.92 Å². The zero-order valence-corrected chi connectivity index (χ0v) is 12.0. The van der Waals surface area contributed by atoms with Gasteiger partial charge >= 0.3 is 0 Å². The Morgan fingerprint density at radius 3 is 3.11 bits per heavy atom. The first-order chi connectivity index (χ1) is 9.24. The number of nitrogens with one attached hydrogen (secondary N) is 1. The van der Waals surface area contributed by atoms with Crippen molar-refractivity contribution in [3.63, 3.8) is 0 Å². The number of hydrogen-bond donors (Lipinski definition) is 1. The molecule has 1 aliphatic rings. The summed E-state index contributed by atoms with van der Waals surface area (Å²) in [4.78, 5) is 0. The van der Waals surface area contributed by atoms with Gasteiger partial charge in [-0.15, -0.1) is 0 Å². The molecule has 1 atom stereocenters. The molecule has 0 aliphatic carbocycles. The molecule has 1 aromatic heterocycles. The van der Waals surface area contributed by atoms with Crippen molar-refractivity contribution in [1.29, 1.82) is 0 Å². The average Bonchev–Trinajstić information content (AvgIpc) is 3.00. The molecule has 0 amide bonds. The van der Waals surface area contributed by atoms with E-state index in [1.807, 2.05) is 0 Å². The summed E-state index contributed by atoms with van der Waals surface area (Å²) in [5.41, 5.74) is 1.18. The Morgan fingerprint density at radius 2 is 2.37 bits per heavy atom. The topological polar surface area (TPSA) is 43.6 Å². The summed E-state index contributed by atoms with van der Waals surface area (Å²) < 4.78 is 16.6. The van der Waals surface area contributed by atoms with Crippen molar-refractivity contribution in [2.45, 2.75) is 45.9 Å². The lowest BCUT2D eigenvalue weighted by molar-refractivity contribution is 0.00581. The van der Waals surface area contributed by atoms with E-state index in [-0.39, 0.29) is 6.10 Å². The molecule has 2 heterocycles. The van der Waals surface area contributed by atoms with E-state index in [1.54, 1.807) is 6.26 Å². The van der Waals surface area contributed by atoms with Gasteiger partial charge in [0, 0.05) is 18.7 Å². The average molecular weight is 267 g/mol. The fourth-order valence-corrected chi connectivity index (χ4v) is 2.17. The summed E-state index contributed by atoms with van der Waals surface area (Å²) in [6, 6.07) is 2.06. The molecule has 0 spiro atoms. The van der Waals surface area contributed by atoms with Gasteiger partial charge in [0.15, 0.2) is 0 Å². The van der Waals surface area contributed by atoms with Crippen LogP contribution in [0.5, 0.6) is 0 Å². The van der Waals surface area contributed by atoms with Crippen LogP contribution in [-0.2, 0) is 22.6 Å². The summed E-state index contributed by atoms with van der Waals surface area (Å²) in [7, 11) is 0. The van der Waals surface area contributed by atoms with Gasteiger partial charge in [-0.2, -0.15) is 0 Å². The maximum absolute atomic E-state index is 5.62. The van der Waals surface area contributed by atoms with Crippen LogP contribution in [0.15, 0.2) is 16.7 Å². The van der Waals surface area contributed by atoms with Crippen LogP contribution in [0.2, 0.25) is 0 Å². The monoisotopic (exact) mass is 267 g/mol. The van der Waals surface area contributed by atoms with Gasteiger partial charge in [-0.3, -0.25) is 0 Å². The predicted molar refractivity (Wildman–Crippen MR) is 73.9 cm³/mol. The smallest absolute Gasteiger partial charge is 0.129 e. The van der Waals surface area contributed by atoms with Crippen LogP contribution in [0.1, 0.15) is 38.0 Å². The lowest BCUT2D eigenvalue weighted by atomic mass is 10.2. The second-order valence-corrected chi connectivity index (χ2v) is 5.60. The summed E-state index contributed by atoms with van der Waals surface area (Å²) in [5.74, 6) is 1.56. The van der Waals surface area contributed by atoms with Crippen molar-refractivity contribution in [2.75, 3.05) is 19.8 Å². The van der Waals surface area contributed by atoms with Gasteiger partial charge in [-0.1, -0.05) is 13.8 Å². The summed E-state index contributed by atoms with van der Waals surface area (Å²) in [5, 5.41) is 3.39. The first kappa shape index (κ1) is 14.6. The minimum atomic E-state index is 0.280. The molecule has 4 heteroatoms. The van der Waals surface area contributed by atoms with Crippen molar-refractivity contribution < 1.29 is 13.9 Å². The van der Waals surface area contributed by atoms with Crippen LogP contribution >= 0.6 is 0 Å². The quantitative estimate of drug-likeness (QED) is 0.786. The van der Waals surface area contributed by atoms with Crippen LogP contribution < -0.4 is 5.32 Å². The fraction of sp³-hybridized carbons (Fsp3) is 0.733. The third-order valence-electron chi connectivity index (χ3n) is 3.16. The molecule has 0 aromatic carbocycles. The third kappa shape index (κ3) is 5.35. The highest BCUT2D eigenvalue weighted by molar-refractivity contribution is 5.12. The Bertz CT molecular complexity index is 356. The van der Waals surface area contributed by atoms with Gasteiger partial charge < -0.3 is 19.2 Å². The Labute approximate surface area is 115 Å². The molecule has 4 nitrogen and oxygen atoms in total. The van der Waals surface area contributed by atoms with Crippen molar-refractivity contribution >= 4 is 0 Å². The van der Waals surface area contributed by atoms with Crippen LogP contribution in [0.3, 0.4) is 0 Å². The molecule has 1 saturated heterocycles. The van der Waals surface area contributed by atoms with Crippen LogP contribution in [0.4, 0.5) is 0 Å². The Hall–Kier alpha value is -0.840. The lowest BCUT2D eigenvalue weighted by Gasteiger charge is -2.08. The molecular weight excluding hydrogens is 242 g/mol. The fourth-order valence-electron chi connectivity index (χ4n) is 2.17. The first-order valence-corrected chi connectivity index (χ1v) is 7.20. The molecule has 0 saturated carbocycles. The predicted octanol–water partition coefficient (Wildman–Crippen LogP) is 2.72. The molecule has 1 fully saturated rings. The van der Waals surface area contributed by atoms with E-state index < -0.39 is 0 Å². The molecule has 0 bridgehead atoms. The molecule has 19 heavy (non-hydrogen) atoms. The van der Waals surface area contributed by atoms with Crippen LogP contribution in [0.25, 0.3) is 0 Å². The van der Waals surface area contributed by atoms with Crippen molar-refractivity contribution in [3.8, 4) is 0 Å². The molecule has 108 valence electrons. The van der Waals surface area contributed by atoms with Gasteiger partial charge in [0.1, 0.15) is 12.4 Å². The third-order valence-corrected chi connectivity index (χ3v) is 3.16. The standard InChI is InChI=1S/C15H25NO3/c1-12(2)7-16-8-13-6-15(19-9-13)11-17-10-14-4-3-5-18-14/h6,9,12,14,16H,3-5,7-8,10-11H2,1-2H3. The van der Waals surface area contributed by atoms with E-state index >= 15 is 0 Å². The van der Waals surface area contributed by atoms with Crippen molar-refractivity contribution in [3.05, 3.63) is 23.7 Å². The second-order valence-electron chi connectivity index (χ2n) is 5.60. The first-order valence-electron chi connectivity index (χ1n) is 7.20. The van der Waals surface area contributed by atoms with Crippen LogP contribution in [-0.4, -0.2) is 25.9 Å². The van der Waals surface area contributed by atoms with E-state index in [9.17, 15) is 0 Å². The molecule has 1 aliphatic heterocycles. The number of furan rings is 1. The summed E-state index contributed by atoms with van der Waals surface area (Å²) >= 11 is 0. The Balaban J connectivity index is 1.62. The molecule has 0 radical (unpaired) electrons. The maximum atomic E-state index is 5.62. The Morgan fingerprint density at radius 1 is 1.47 bits per heavy atom. The van der Waals surface area contributed by atoms with Gasteiger partial charge in [0.05, 0.1) is 19.0 Å². The zero-order chi connectivity index (χ0) is 13.5. The van der Waals surface area contributed by atoms with E-state index in [4.69, 9.17) is 13.9 Å². The van der Waals surface area contributed by atoms with E-state index in [0.717, 1.165) is 38.3 Å². The molecule has 1 aromatic rings. The largest absolute Gasteiger partial charge is 0.467 e. The minimum Gasteiger partial charge on any atom is -0.467 e. The molecule has 1 N–H and O–H groups in total. The van der Waals surface area contributed by atoms with Gasteiger partial charge in [-0.05, 0) is 31.4 Å². The molecule has 2 rings (SSSR count). The highest BCUT2D eigenvalue weighted by Crippen LogP contribution is 2.14. The zero-order valence-electron chi connectivity index (χ0n) is 12.0. The van der Waals surface area contributed by atoms with Crippen molar-refractivity contribution in [1.82, 2.24) is 5.32 Å². The Kier molecular flexibility index (Phi) is 5.89. The number of hydrogen-bond acceptors (Lipinski definition) is 4. The summed E-state index contributed by atoms with van der Waals surface area (Å²) in [6.07, 6.45) is 4.35. The van der Waals surface area contributed by atoms with E-state index in [0.29, 0.717) is 19.1 Å². The maximum Gasteiger partial charge on any atom is 0.129 e. The second kappa shape index (κ2) is 7.68. The lowest BCUT2D eigenvalue weighted by Crippen LogP contribution is -2.18. The number of ether oxygens (including phenoxy) is 2. The van der Waals surface area contributed by atoms with E-state index in [1.165, 1.54) is 5.56 Å². The molecule has 1 unspecified atom stereocenters. The van der Waals surface area contributed by atoms with Gasteiger partial charge in [-0.25, -0.2) is 0 Å². The minimum absolute atomic E-state index is 0.280. The van der Waals surface area contributed by atoms with Gasteiger partial charge in [0.25, 0.3) is 0 Å². The highest BCUT2D eigenvalue weighted by atomic mass is 16.5. The number of rotatable bonds is 8.